The first-order valence-electron chi connectivity index (χ1n) is 11.1. The van der Waals surface area contributed by atoms with Gasteiger partial charge in [0, 0.05) is 42.8 Å². The first-order chi connectivity index (χ1) is 14.1. The van der Waals surface area contributed by atoms with Crippen LogP contribution in [0.25, 0.3) is 0 Å². The molecule has 154 valence electrons. The summed E-state index contributed by atoms with van der Waals surface area (Å²) in [4.78, 5) is 41.7. The highest BCUT2D eigenvalue weighted by molar-refractivity contribution is 6.01. The molecule has 6 nitrogen and oxygen atoms in total. The van der Waals surface area contributed by atoms with Crippen molar-refractivity contribution in [3.05, 3.63) is 23.8 Å². The van der Waals surface area contributed by atoms with Crippen molar-refractivity contribution in [2.24, 2.45) is 11.8 Å². The Morgan fingerprint density at radius 3 is 2.55 bits per heavy atom. The molecule has 1 unspecified atom stereocenters. The molecule has 5 rings (SSSR count). The largest absolute Gasteiger partial charge is 0.339 e. The van der Waals surface area contributed by atoms with Crippen LogP contribution in [-0.4, -0.2) is 41.8 Å². The first-order valence-corrected chi connectivity index (χ1v) is 11.1. The number of hydrogen-bond acceptors (Lipinski definition) is 3. The maximum Gasteiger partial charge on any atom is 0.230 e. The summed E-state index contributed by atoms with van der Waals surface area (Å²) < 4.78 is 0. The van der Waals surface area contributed by atoms with Crippen molar-refractivity contribution in [1.82, 2.24) is 4.90 Å². The van der Waals surface area contributed by atoms with Gasteiger partial charge in [0.2, 0.25) is 17.7 Å². The highest BCUT2D eigenvalue weighted by Gasteiger charge is 2.39. The molecule has 29 heavy (non-hydrogen) atoms. The van der Waals surface area contributed by atoms with Crippen LogP contribution >= 0.6 is 0 Å². The Hall–Kier alpha value is -2.37. The van der Waals surface area contributed by atoms with Crippen LogP contribution in [0.15, 0.2) is 18.2 Å². The fraction of sp³-hybridized carbons (Fsp3) is 0.609. The lowest BCUT2D eigenvalue weighted by Gasteiger charge is -2.31. The van der Waals surface area contributed by atoms with E-state index in [0.717, 1.165) is 49.9 Å². The van der Waals surface area contributed by atoms with E-state index >= 15 is 0 Å². The third-order valence-electron chi connectivity index (χ3n) is 6.99. The summed E-state index contributed by atoms with van der Waals surface area (Å²) in [6.07, 6.45) is 8.90. The number of nitrogens with zero attached hydrogens (tertiary/aromatic N) is 2. The number of hydrogen-bond donors (Lipinski definition) is 1. The molecule has 3 fully saturated rings. The Labute approximate surface area is 171 Å². The van der Waals surface area contributed by atoms with Crippen molar-refractivity contribution in [2.45, 2.75) is 63.8 Å². The van der Waals surface area contributed by atoms with Crippen LogP contribution in [0, 0.1) is 11.8 Å². The third-order valence-corrected chi connectivity index (χ3v) is 6.99. The summed E-state index contributed by atoms with van der Waals surface area (Å²) in [5.41, 5.74) is 2.82. The number of benzene rings is 1. The van der Waals surface area contributed by atoms with Gasteiger partial charge in [-0.15, -0.1) is 0 Å². The van der Waals surface area contributed by atoms with Crippen molar-refractivity contribution in [1.29, 1.82) is 0 Å². The van der Waals surface area contributed by atoms with Crippen LogP contribution in [0.4, 0.5) is 11.4 Å². The molecule has 1 aromatic rings. The van der Waals surface area contributed by atoms with E-state index in [0.29, 0.717) is 24.7 Å². The molecule has 0 bridgehead atoms. The predicted molar refractivity (Wildman–Crippen MR) is 111 cm³/mol. The van der Waals surface area contributed by atoms with Gasteiger partial charge in [0.1, 0.15) is 0 Å². The van der Waals surface area contributed by atoms with E-state index in [4.69, 9.17) is 0 Å². The van der Waals surface area contributed by atoms with E-state index in [1.807, 2.05) is 28.0 Å². The Morgan fingerprint density at radius 2 is 1.79 bits per heavy atom. The van der Waals surface area contributed by atoms with Gasteiger partial charge in [0.15, 0.2) is 0 Å². The van der Waals surface area contributed by atoms with Crippen LogP contribution < -0.4 is 10.2 Å². The summed E-state index contributed by atoms with van der Waals surface area (Å²) in [6, 6.07) is 6.17. The van der Waals surface area contributed by atoms with Crippen LogP contribution in [0.5, 0.6) is 0 Å². The molecule has 4 aliphatic rings. The number of carbonyl (C=O) groups is 3. The number of likely N-dealkylation sites (tertiary alicyclic amines) is 1. The SMILES string of the molecule is O=C(Nc1ccc2c(c1)N(C(=O)C1CC1)CC2)C1CC(=O)N(C2CCCCC2)C1. The van der Waals surface area contributed by atoms with Gasteiger partial charge in [0.05, 0.1) is 5.92 Å². The number of amides is 3. The average molecular weight is 396 g/mol. The molecule has 1 aromatic carbocycles. The second kappa shape index (κ2) is 7.47. The molecular weight excluding hydrogens is 366 g/mol. The summed E-state index contributed by atoms with van der Waals surface area (Å²) in [6.45, 7) is 1.27. The van der Waals surface area contributed by atoms with Crippen LogP contribution in [-0.2, 0) is 20.8 Å². The highest BCUT2D eigenvalue weighted by atomic mass is 16.2. The van der Waals surface area contributed by atoms with E-state index in [1.165, 1.54) is 19.3 Å². The average Bonchev–Trinajstić information content (AvgIpc) is 3.39. The smallest absolute Gasteiger partial charge is 0.230 e. The molecule has 6 heteroatoms. The maximum absolute atomic E-state index is 12.9. The Balaban J connectivity index is 1.25. The summed E-state index contributed by atoms with van der Waals surface area (Å²) in [5, 5.41) is 3.01. The lowest BCUT2D eigenvalue weighted by Crippen LogP contribution is -2.38. The topological polar surface area (TPSA) is 69.7 Å². The van der Waals surface area contributed by atoms with Gasteiger partial charge in [-0.3, -0.25) is 14.4 Å². The van der Waals surface area contributed by atoms with Crippen molar-refractivity contribution >= 4 is 29.1 Å². The molecule has 2 heterocycles. The van der Waals surface area contributed by atoms with Gasteiger partial charge in [-0.1, -0.05) is 25.3 Å². The summed E-state index contributed by atoms with van der Waals surface area (Å²) >= 11 is 0. The van der Waals surface area contributed by atoms with E-state index < -0.39 is 0 Å². The highest BCUT2D eigenvalue weighted by Crippen LogP contribution is 2.37. The minimum atomic E-state index is -0.290. The van der Waals surface area contributed by atoms with Crippen molar-refractivity contribution in [3.8, 4) is 0 Å². The van der Waals surface area contributed by atoms with Gasteiger partial charge in [-0.2, -0.15) is 0 Å². The fourth-order valence-corrected chi connectivity index (χ4v) is 5.13. The van der Waals surface area contributed by atoms with E-state index in [1.54, 1.807) is 0 Å². The zero-order valence-corrected chi connectivity index (χ0v) is 16.9. The molecular formula is C23H29N3O3. The minimum Gasteiger partial charge on any atom is -0.339 e. The standard InChI is InChI=1S/C23H29N3O3/c27-21-12-17(14-26(21)19-4-2-1-3-5-19)22(28)24-18-9-8-15-10-11-25(20(15)13-18)23(29)16-6-7-16/h8-9,13,16-17,19H,1-7,10-12,14H2,(H,24,28). The second-order valence-electron chi connectivity index (χ2n) is 9.09. The molecule has 0 aromatic heterocycles. The van der Waals surface area contributed by atoms with Crippen molar-refractivity contribution in [2.75, 3.05) is 23.3 Å². The lowest BCUT2D eigenvalue weighted by atomic mass is 9.94. The quantitative estimate of drug-likeness (QED) is 0.852. The molecule has 2 aliphatic heterocycles. The molecule has 2 aliphatic carbocycles. The molecule has 0 radical (unpaired) electrons. The monoisotopic (exact) mass is 395 g/mol. The van der Waals surface area contributed by atoms with Gasteiger partial charge in [0.25, 0.3) is 0 Å². The number of carbonyl (C=O) groups excluding carboxylic acids is 3. The molecule has 1 saturated heterocycles. The summed E-state index contributed by atoms with van der Waals surface area (Å²) in [7, 11) is 0. The van der Waals surface area contributed by atoms with Gasteiger partial charge >= 0.3 is 0 Å². The number of fused-ring (bicyclic) bond motifs is 1. The number of anilines is 2. The number of nitrogens with one attached hydrogen (secondary N) is 1. The van der Waals surface area contributed by atoms with E-state index in [2.05, 4.69) is 5.32 Å². The van der Waals surface area contributed by atoms with Crippen LogP contribution in [0.3, 0.4) is 0 Å². The Bertz CT molecular complexity index is 842. The number of rotatable bonds is 4. The van der Waals surface area contributed by atoms with Gasteiger partial charge < -0.3 is 15.1 Å². The first kappa shape index (κ1) is 18.6. The molecule has 2 saturated carbocycles. The lowest BCUT2D eigenvalue weighted by molar-refractivity contribution is -0.130. The zero-order valence-electron chi connectivity index (χ0n) is 16.9. The van der Waals surface area contributed by atoms with E-state index in [-0.39, 0.29) is 29.6 Å². The van der Waals surface area contributed by atoms with Crippen molar-refractivity contribution in [3.63, 3.8) is 0 Å². The van der Waals surface area contributed by atoms with Crippen LogP contribution in [0.1, 0.15) is 56.9 Å². The fourth-order valence-electron chi connectivity index (χ4n) is 5.13. The van der Waals surface area contributed by atoms with Gasteiger partial charge in [-0.05, 0) is 49.8 Å². The normalized spacial score (nSPS) is 24.7. The van der Waals surface area contributed by atoms with Crippen molar-refractivity contribution < 1.29 is 14.4 Å². The zero-order chi connectivity index (χ0) is 20.0. The van der Waals surface area contributed by atoms with Crippen LogP contribution in [0.2, 0.25) is 0 Å². The Kier molecular flexibility index (Phi) is 4.80. The molecule has 1 atom stereocenters. The molecule has 0 spiro atoms. The molecule has 3 amide bonds. The third kappa shape index (κ3) is 3.65. The predicted octanol–water partition coefficient (Wildman–Crippen LogP) is 3.11. The van der Waals surface area contributed by atoms with E-state index in [9.17, 15) is 14.4 Å². The molecule has 1 N–H and O–H groups in total. The second-order valence-corrected chi connectivity index (χ2v) is 9.09. The van der Waals surface area contributed by atoms with Gasteiger partial charge in [-0.25, -0.2) is 0 Å². The maximum atomic E-state index is 12.9. The summed E-state index contributed by atoms with van der Waals surface area (Å²) in [5.74, 6) is 0.148. The Morgan fingerprint density at radius 1 is 1.00 bits per heavy atom. The minimum absolute atomic E-state index is 0.0883.